The Morgan fingerprint density at radius 1 is 1.00 bits per heavy atom. The Balaban J connectivity index is 1.67. The Morgan fingerprint density at radius 2 is 1.73 bits per heavy atom. The number of fused-ring (bicyclic) bond motifs is 2. The molecule has 1 aliphatic heterocycles. The molecule has 0 radical (unpaired) electrons. The molecule has 1 aliphatic carbocycles. The average molecular weight is 561 g/mol. The van der Waals surface area contributed by atoms with Gasteiger partial charge in [0, 0.05) is 13.0 Å². The number of hydrogen-bond donors (Lipinski definition) is 3. The smallest absolute Gasteiger partial charge is 0.246 e. The van der Waals surface area contributed by atoms with Gasteiger partial charge in [0.2, 0.25) is 17.7 Å². The van der Waals surface area contributed by atoms with Gasteiger partial charge >= 0.3 is 0 Å². The molecule has 3 amide bonds. The van der Waals surface area contributed by atoms with E-state index in [0.29, 0.717) is 18.9 Å². The first-order chi connectivity index (χ1) is 19.4. The number of likely N-dealkylation sites (N-methyl/N-ethyl adjacent to an activating group) is 1. The molecule has 3 N–H and O–H groups in total. The highest BCUT2D eigenvalue weighted by atomic mass is 16.2. The van der Waals surface area contributed by atoms with Gasteiger partial charge in [-0.25, -0.2) is 0 Å². The number of nitrogens with one attached hydrogen (secondary N) is 3. The summed E-state index contributed by atoms with van der Waals surface area (Å²) in [4.78, 5) is 43.1. The number of benzene rings is 2. The maximum absolute atomic E-state index is 14.4. The molecular weight excluding hydrogens is 512 g/mol. The lowest BCUT2D eigenvalue weighted by Gasteiger charge is -2.42. The Labute approximate surface area is 245 Å². The highest BCUT2D eigenvalue weighted by molar-refractivity contribution is 5.94. The van der Waals surface area contributed by atoms with Crippen molar-refractivity contribution in [2.24, 2.45) is 11.3 Å². The van der Waals surface area contributed by atoms with Gasteiger partial charge in [0.1, 0.15) is 12.1 Å². The average Bonchev–Trinajstić information content (AvgIpc) is 2.93. The molecule has 2 aromatic carbocycles. The number of nitrogens with zero attached hydrogens (tertiary/aromatic N) is 1. The first-order valence-electron chi connectivity index (χ1n) is 15.2. The van der Waals surface area contributed by atoms with E-state index < -0.39 is 23.5 Å². The van der Waals surface area contributed by atoms with Gasteiger partial charge in [-0.05, 0) is 78.8 Å². The standard InChI is InChI=1S/C34H48N4O3/c1-21(2)17-23-15-16-25-19-29(32(40)36-28-14-10-12-24-11-8-9-13-27(24)28)38(20-26(25)18-23)33(41)30(34(4,5)6)37-31(39)22(3)35-7/h8-9,11,13,15-16,18,21-22,28-30,35H,10,12,14,17,19-20H2,1-7H3,(H,36,40)(H,37,39)/t22-,28+,29-,30+/m0/s1. The van der Waals surface area contributed by atoms with Crippen molar-refractivity contribution in [2.45, 2.75) is 104 Å². The van der Waals surface area contributed by atoms with Crippen molar-refractivity contribution in [3.63, 3.8) is 0 Å². The number of aryl methyl sites for hydroxylation is 1. The first-order valence-corrected chi connectivity index (χ1v) is 15.2. The molecule has 0 bridgehead atoms. The van der Waals surface area contributed by atoms with Crippen LogP contribution >= 0.6 is 0 Å². The van der Waals surface area contributed by atoms with E-state index in [1.165, 1.54) is 16.7 Å². The molecule has 0 aromatic heterocycles. The molecule has 4 rings (SSSR count). The van der Waals surface area contributed by atoms with Gasteiger partial charge in [-0.3, -0.25) is 14.4 Å². The highest BCUT2D eigenvalue weighted by Gasteiger charge is 2.42. The minimum absolute atomic E-state index is 0.0752. The van der Waals surface area contributed by atoms with Crippen molar-refractivity contribution in [2.75, 3.05) is 7.05 Å². The van der Waals surface area contributed by atoms with Gasteiger partial charge in [-0.1, -0.05) is 77.1 Å². The van der Waals surface area contributed by atoms with E-state index in [1.54, 1.807) is 18.9 Å². The third kappa shape index (κ3) is 7.18. The first kappa shape index (κ1) is 30.8. The second kappa shape index (κ2) is 12.8. The summed E-state index contributed by atoms with van der Waals surface area (Å²) < 4.78 is 0. The van der Waals surface area contributed by atoms with E-state index >= 15 is 0 Å². The van der Waals surface area contributed by atoms with Crippen LogP contribution in [0.25, 0.3) is 0 Å². The monoisotopic (exact) mass is 560 g/mol. The lowest BCUT2D eigenvalue weighted by molar-refractivity contribution is -0.147. The maximum Gasteiger partial charge on any atom is 0.246 e. The van der Waals surface area contributed by atoms with Crippen LogP contribution in [0.5, 0.6) is 0 Å². The van der Waals surface area contributed by atoms with Gasteiger partial charge < -0.3 is 20.9 Å². The van der Waals surface area contributed by atoms with Gasteiger partial charge in [0.25, 0.3) is 0 Å². The van der Waals surface area contributed by atoms with E-state index in [9.17, 15) is 14.4 Å². The predicted molar refractivity (Wildman–Crippen MR) is 163 cm³/mol. The highest BCUT2D eigenvalue weighted by Crippen LogP contribution is 2.32. The SMILES string of the molecule is CN[C@@H](C)C(=O)N[C@H](C(=O)N1Cc2cc(CC(C)C)ccc2C[C@H]1C(=O)N[C@@H]1CCCc2ccccc21)C(C)(C)C. The lowest BCUT2D eigenvalue weighted by atomic mass is 9.83. The van der Waals surface area contributed by atoms with Crippen LogP contribution in [-0.2, 0) is 40.2 Å². The van der Waals surface area contributed by atoms with Crippen LogP contribution in [0.2, 0.25) is 0 Å². The maximum atomic E-state index is 14.4. The number of carbonyl (C=O) groups excluding carboxylic acids is 3. The molecule has 222 valence electrons. The van der Waals surface area contributed by atoms with E-state index in [1.807, 2.05) is 32.9 Å². The van der Waals surface area contributed by atoms with Crippen molar-refractivity contribution >= 4 is 17.7 Å². The fourth-order valence-electron chi connectivity index (χ4n) is 6.09. The van der Waals surface area contributed by atoms with E-state index in [-0.39, 0.29) is 23.8 Å². The van der Waals surface area contributed by atoms with Crippen LogP contribution < -0.4 is 16.0 Å². The van der Waals surface area contributed by atoms with Crippen molar-refractivity contribution in [3.05, 3.63) is 70.3 Å². The van der Waals surface area contributed by atoms with E-state index in [4.69, 9.17) is 0 Å². The Hall–Kier alpha value is -3.19. The summed E-state index contributed by atoms with van der Waals surface area (Å²) in [6.45, 7) is 12.4. The minimum Gasteiger partial charge on any atom is -0.347 e. The van der Waals surface area contributed by atoms with Gasteiger partial charge in [-0.2, -0.15) is 0 Å². The summed E-state index contributed by atoms with van der Waals surface area (Å²) in [5, 5.41) is 9.26. The second-order valence-electron chi connectivity index (χ2n) is 13.4. The Morgan fingerprint density at radius 3 is 2.41 bits per heavy atom. The van der Waals surface area contributed by atoms with Gasteiger partial charge in [-0.15, -0.1) is 0 Å². The fourth-order valence-corrected chi connectivity index (χ4v) is 6.09. The topological polar surface area (TPSA) is 90.5 Å². The molecule has 1 heterocycles. The van der Waals surface area contributed by atoms with Crippen LogP contribution in [0.3, 0.4) is 0 Å². The van der Waals surface area contributed by atoms with Crippen LogP contribution in [0, 0.1) is 11.3 Å². The lowest BCUT2D eigenvalue weighted by Crippen LogP contribution is -2.62. The normalized spacial score (nSPS) is 20.0. The van der Waals surface area contributed by atoms with Crippen LogP contribution in [0.15, 0.2) is 42.5 Å². The Bertz CT molecular complexity index is 1260. The molecule has 0 spiro atoms. The predicted octanol–water partition coefficient (Wildman–Crippen LogP) is 4.47. The van der Waals surface area contributed by atoms with Crippen LogP contribution in [0.4, 0.5) is 0 Å². The van der Waals surface area contributed by atoms with E-state index in [0.717, 1.165) is 36.8 Å². The Kier molecular flexibility index (Phi) is 9.58. The zero-order valence-corrected chi connectivity index (χ0v) is 25.8. The number of hydrogen-bond acceptors (Lipinski definition) is 4. The third-order valence-electron chi connectivity index (χ3n) is 8.54. The third-order valence-corrected chi connectivity index (χ3v) is 8.54. The zero-order chi connectivity index (χ0) is 29.9. The molecule has 2 aromatic rings. The molecule has 0 fully saturated rings. The summed E-state index contributed by atoms with van der Waals surface area (Å²) in [5.41, 5.74) is 5.30. The summed E-state index contributed by atoms with van der Waals surface area (Å²) in [6, 6.07) is 12.8. The van der Waals surface area contributed by atoms with Gasteiger partial charge in [0.15, 0.2) is 0 Å². The van der Waals surface area contributed by atoms with Crippen molar-refractivity contribution in [1.29, 1.82) is 0 Å². The van der Waals surface area contributed by atoms with Crippen molar-refractivity contribution in [3.8, 4) is 0 Å². The van der Waals surface area contributed by atoms with Crippen LogP contribution in [0.1, 0.15) is 88.2 Å². The largest absolute Gasteiger partial charge is 0.347 e. The molecule has 0 unspecified atom stereocenters. The minimum atomic E-state index is -0.781. The van der Waals surface area contributed by atoms with Gasteiger partial charge in [0.05, 0.1) is 12.1 Å². The molecule has 4 atom stereocenters. The molecule has 0 saturated heterocycles. The van der Waals surface area contributed by atoms with E-state index in [2.05, 4.69) is 60.1 Å². The molecular formula is C34H48N4O3. The number of rotatable bonds is 8. The van der Waals surface area contributed by atoms with Crippen molar-refractivity contribution < 1.29 is 14.4 Å². The summed E-state index contributed by atoms with van der Waals surface area (Å²) >= 11 is 0. The molecule has 7 heteroatoms. The number of amides is 3. The molecule has 41 heavy (non-hydrogen) atoms. The quantitative estimate of drug-likeness (QED) is 0.444. The second-order valence-corrected chi connectivity index (χ2v) is 13.4. The zero-order valence-electron chi connectivity index (χ0n) is 25.8. The fraction of sp³-hybridized carbons (Fsp3) is 0.559. The summed E-state index contributed by atoms with van der Waals surface area (Å²) in [6.07, 6.45) is 4.30. The van der Waals surface area contributed by atoms with Crippen LogP contribution in [-0.4, -0.2) is 47.8 Å². The van der Waals surface area contributed by atoms with Crippen molar-refractivity contribution in [1.82, 2.24) is 20.9 Å². The molecule has 7 nitrogen and oxygen atoms in total. The molecule has 2 aliphatic rings. The summed E-state index contributed by atoms with van der Waals surface area (Å²) in [5.74, 6) is -0.0871. The molecule has 0 saturated carbocycles. The number of carbonyl (C=O) groups is 3. The summed E-state index contributed by atoms with van der Waals surface area (Å²) in [7, 11) is 1.72.